The van der Waals surface area contributed by atoms with Crippen molar-refractivity contribution in [3.05, 3.63) is 60.7 Å². The molecule has 37 heavy (non-hydrogen) atoms. The third kappa shape index (κ3) is 7.72. The zero-order chi connectivity index (χ0) is 27.9. The van der Waals surface area contributed by atoms with Gasteiger partial charge in [-0.3, -0.25) is 4.79 Å². The van der Waals surface area contributed by atoms with E-state index in [4.69, 9.17) is 13.6 Å². The number of ether oxygens (including phenoxy) is 1. The van der Waals surface area contributed by atoms with Crippen LogP contribution < -0.4 is 10.4 Å². The summed E-state index contributed by atoms with van der Waals surface area (Å²) >= 11 is 0. The highest BCUT2D eigenvalue weighted by atomic mass is 28.4. The molecule has 0 amide bonds. The fourth-order valence-corrected chi connectivity index (χ4v) is 10.6. The summed E-state index contributed by atoms with van der Waals surface area (Å²) in [5.74, 6) is -0.320. The fraction of sp³-hybridized carbons (Fsp3) is 0.533. The second kappa shape index (κ2) is 12.7. The SMILES string of the molecule is COC(=O)C[C@@H](C[C@@H](CC=O)O[Si](c1ccccc1)(c1ccccc1)C(C)(C)C)O[Si](C)(C)C(C)(C)C. The summed E-state index contributed by atoms with van der Waals surface area (Å²) in [4.78, 5) is 24.3. The van der Waals surface area contributed by atoms with E-state index in [1.807, 2.05) is 36.4 Å². The summed E-state index contributed by atoms with van der Waals surface area (Å²) in [6.07, 6.45) is 0.889. The zero-order valence-electron chi connectivity index (χ0n) is 24.2. The summed E-state index contributed by atoms with van der Waals surface area (Å²) in [5.41, 5.74) is 0. The van der Waals surface area contributed by atoms with Crippen LogP contribution in [0.3, 0.4) is 0 Å². The molecule has 204 valence electrons. The van der Waals surface area contributed by atoms with Crippen LogP contribution in [0.1, 0.15) is 60.8 Å². The molecule has 0 heterocycles. The summed E-state index contributed by atoms with van der Waals surface area (Å²) < 4.78 is 19.0. The molecular weight excluding hydrogens is 496 g/mol. The molecule has 0 aliphatic carbocycles. The number of aldehydes is 1. The Balaban J connectivity index is 2.59. The molecule has 0 aliphatic rings. The standard InChI is InChI=1S/C30H46O5Si2/c1-29(2,3)36(8,9)34-25(23-28(32)33-7)22-24(20-21-31)35-37(30(4,5)6,26-16-12-10-13-17-26)27-18-14-11-15-19-27/h10-19,21,24-25H,20,22-23H2,1-9H3/t24-,25-/m1/s1. The quantitative estimate of drug-likeness (QED) is 0.191. The molecule has 0 bridgehead atoms. The summed E-state index contributed by atoms with van der Waals surface area (Å²) in [6, 6.07) is 20.8. The Morgan fingerprint density at radius 3 is 1.68 bits per heavy atom. The molecular formula is C30H46O5Si2. The Labute approximate surface area is 226 Å². The van der Waals surface area contributed by atoms with Gasteiger partial charge in [0.15, 0.2) is 8.32 Å². The molecule has 5 nitrogen and oxygen atoms in total. The van der Waals surface area contributed by atoms with Gasteiger partial charge in [0.1, 0.15) is 6.29 Å². The number of hydrogen-bond donors (Lipinski definition) is 0. The van der Waals surface area contributed by atoms with E-state index >= 15 is 0 Å². The largest absolute Gasteiger partial charge is 0.469 e. The van der Waals surface area contributed by atoms with Crippen LogP contribution in [-0.4, -0.2) is 48.2 Å². The first-order valence-corrected chi connectivity index (χ1v) is 18.0. The van der Waals surface area contributed by atoms with Crippen molar-refractivity contribution in [1.82, 2.24) is 0 Å². The molecule has 7 heteroatoms. The lowest BCUT2D eigenvalue weighted by Crippen LogP contribution is -2.68. The number of hydrogen-bond acceptors (Lipinski definition) is 5. The summed E-state index contributed by atoms with van der Waals surface area (Å²) in [7, 11) is -3.68. The van der Waals surface area contributed by atoms with E-state index in [0.717, 1.165) is 16.7 Å². The minimum Gasteiger partial charge on any atom is -0.469 e. The molecule has 2 aromatic rings. The number of methoxy groups -OCH3 is 1. The van der Waals surface area contributed by atoms with Gasteiger partial charge < -0.3 is 18.4 Å². The van der Waals surface area contributed by atoms with Gasteiger partial charge in [0, 0.05) is 6.42 Å². The normalized spacial score (nSPS) is 14.6. The minimum absolute atomic E-state index is 0.0274. The predicted octanol–water partition coefficient (Wildman–Crippen LogP) is 5.86. The van der Waals surface area contributed by atoms with Gasteiger partial charge in [0.25, 0.3) is 8.32 Å². The Morgan fingerprint density at radius 1 is 0.811 bits per heavy atom. The summed E-state index contributed by atoms with van der Waals surface area (Å²) in [6.45, 7) is 17.5. The van der Waals surface area contributed by atoms with Crippen molar-refractivity contribution in [1.29, 1.82) is 0 Å². The Kier molecular flexibility index (Phi) is 10.7. The van der Waals surface area contributed by atoms with Gasteiger partial charge in [-0.15, -0.1) is 0 Å². The Hall–Kier alpha value is -2.07. The molecule has 0 fully saturated rings. The number of carbonyl (C=O) groups excluding carboxylic acids is 2. The van der Waals surface area contributed by atoms with E-state index in [-0.39, 0.29) is 28.9 Å². The van der Waals surface area contributed by atoms with Crippen LogP contribution in [0.4, 0.5) is 0 Å². The van der Waals surface area contributed by atoms with Gasteiger partial charge in [0.05, 0.1) is 25.7 Å². The molecule has 0 aliphatic heterocycles. The van der Waals surface area contributed by atoms with Crippen LogP contribution in [0.15, 0.2) is 60.7 Å². The maximum atomic E-state index is 12.4. The van der Waals surface area contributed by atoms with Crippen LogP contribution in [-0.2, 0) is 23.2 Å². The number of esters is 1. The van der Waals surface area contributed by atoms with Crippen LogP contribution in [0.5, 0.6) is 0 Å². The van der Waals surface area contributed by atoms with Gasteiger partial charge in [-0.05, 0) is 40.0 Å². The van der Waals surface area contributed by atoms with E-state index in [1.54, 1.807) is 0 Å². The van der Waals surface area contributed by atoms with Gasteiger partial charge in [0.2, 0.25) is 0 Å². The lowest BCUT2D eigenvalue weighted by atomic mass is 10.1. The van der Waals surface area contributed by atoms with E-state index < -0.39 is 28.8 Å². The molecule has 0 aromatic heterocycles. The van der Waals surface area contributed by atoms with Crippen molar-refractivity contribution < 1.29 is 23.2 Å². The van der Waals surface area contributed by atoms with Crippen molar-refractivity contribution in [2.75, 3.05) is 7.11 Å². The summed E-state index contributed by atoms with van der Waals surface area (Å²) in [5, 5.41) is 2.05. The molecule has 0 saturated heterocycles. The second-order valence-corrected chi connectivity index (χ2v) is 21.3. The first kappa shape index (κ1) is 31.2. The minimum atomic E-state index is -2.88. The van der Waals surface area contributed by atoms with E-state index in [0.29, 0.717) is 6.42 Å². The van der Waals surface area contributed by atoms with Crippen molar-refractivity contribution in [2.45, 2.75) is 96.2 Å². The van der Waals surface area contributed by atoms with E-state index in [1.165, 1.54) is 7.11 Å². The van der Waals surface area contributed by atoms with E-state index in [9.17, 15) is 9.59 Å². The maximum Gasteiger partial charge on any atom is 0.308 e. The van der Waals surface area contributed by atoms with Crippen LogP contribution in [0.25, 0.3) is 0 Å². The van der Waals surface area contributed by atoms with E-state index in [2.05, 4.69) is 78.9 Å². The third-order valence-corrected chi connectivity index (χ3v) is 17.2. The second-order valence-electron chi connectivity index (χ2n) is 12.3. The lowest BCUT2D eigenvalue weighted by Gasteiger charge is -2.46. The third-order valence-electron chi connectivity index (χ3n) is 7.53. The average molecular weight is 543 g/mol. The highest BCUT2D eigenvalue weighted by Gasteiger charge is 2.51. The highest BCUT2D eigenvalue weighted by molar-refractivity contribution is 6.99. The van der Waals surface area contributed by atoms with Crippen molar-refractivity contribution >= 4 is 39.3 Å². The predicted molar refractivity (Wildman–Crippen MR) is 156 cm³/mol. The molecule has 0 N–H and O–H groups in total. The van der Waals surface area contributed by atoms with Crippen LogP contribution in [0.2, 0.25) is 23.2 Å². The molecule has 0 unspecified atom stereocenters. The molecule has 0 spiro atoms. The fourth-order valence-electron chi connectivity index (χ4n) is 4.57. The van der Waals surface area contributed by atoms with Gasteiger partial charge in [-0.1, -0.05) is 102 Å². The van der Waals surface area contributed by atoms with Crippen molar-refractivity contribution in [2.24, 2.45) is 0 Å². The number of benzene rings is 2. The van der Waals surface area contributed by atoms with Crippen LogP contribution in [0, 0.1) is 0 Å². The maximum absolute atomic E-state index is 12.4. The molecule has 2 atom stereocenters. The molecule has 2 aromatic carbocycles. The smallest absolute Gasteiger partial charge is 0.308 e. The van der Waals surface area contributed by atoms with Crippen LogP contribution >= 0.6 is 0 Å². The first-order chi connectivity index (χ1) is 17.2. The van der Waals surface area contributed by atoms with Gasteiger partial charge in [-0.25, -0.2) is 0 Å². The average Bonchev–Trinajstić information content (AvgIpc) is 2.81. The number of rotatable bonds is 12. The Morgan fingerprint density at radius 2 is 1.30 bits per heavy atom. The van der Waals surface area contributed by atoms with Gasteiger partial charge in [-0.2, -0.15) is 0 Å². The topological polar surface area (TPSA) is 61.8 Å². The lowest BCUT2D eigenvalue weighted by molar-refractivity contribution is -0.142. The zero-order valence-corrected chi connectivity index (χ0v) is 26.2. The highest BCUT2D eigenvalue weighted by Crippen LogP contribution is 2.40. The molecule has 0 saturated carbocycles. The monoisotopic (exact) mass is 542 g/mol. The van der Waals surface area contributed by atoms with Crippen molar-refractivity contribution in [3.63, 3.8) is 0 Å². The molecule has 2 rings (SSSR count). The van der Waals surface area contributed by atoms with Crippen molar-refractivity contribution in [3.8, 4) is 0 Å². The Bertz CT molecular complexity index is 955. The van der Waals surface area contributed by atoms with Gasteiger partial charge >= 0.3 is 5.97 Å². The molecule has 0 radical (unpaired) electrons. The number of carbonyl (C=O) groups is 2. The first-order valence-electron chi connectivity index (χ1n) is 13.1.